The Morgan fingerprint density at radius 2 is 1.95 bits per heavy atom. The van der Waals surface area contributed by atoms with Crippen molar-refractivity contribution in [3.63, 3.8) is 0 Å². The average molecular weight is 299 g/mol. The van der Waals surface area contributed by atoms with Gasteiger partial charge in [-0.2, -0.15) is 13.2 Å². The van der Waals surface area contributed by atoms with Crippen LogP contribution in [0.3, 0.4) is 0 Å². The number of carbonyl (C=O) groups is 1. The summed E-state index contributed by atoms with van der Waals surface area (Å²) in [5.41, 5.74) is -0.472. The minimum absolute atomic E-state index is 0.0569. The molecule has 0 spiro atoms. The van der Waals surface area contributed by atoms with Crippen molar-refractivity contribution in [3.8, 4) is 0 Å². The van der Waals surface area contributed by atoms with Crippen LogP contribution in [0.5, 0.6) is 0 Å². The number of carbonyl (C=O) groups excluding carboxylic acids is 1. The predicted molar refractivity (Wildman–Crippen MR) is 75.0 cm³/mol. The molecule has 0 saturated heterocycles. The fraction of sp³-hybridized carbons (Fsp3) is 0.562. The van der Waals surface area contributed by atoms with Crippen LogP contribution in [0, 0.1) is 5.41 Å². The number of benzene rings is 1. The quantitative estimate of drug-likeness (QED) is 0.877. The van der Waals surface area contributed by atoms with Crippen molar-refractivity contribution < 1.29 is 18.0 Å². The van der Waals surface area contributed by atoms with Crippen LogP contribution in [-0.2, 0) is 6.18 Å². The number of amides is 1. The van der Waals surface area contributed by atoms with E-state index in [1.165, 1.54) is 25.0 Å². The predicted octanol–water partition coefficient (Wildman–Crippen LogP) is 4.41. The van der Waals surface area contributed by atoms with Crippen molar-refractivity contribution >= 4 is 5.91 Å². The van der Waals surface area contributed by atoms with Crippen LogP contribution in [0.4, 0.5) is 13.2 Å². The average Bonchev–Trinajstić information content (AvgIpc) is 2.85. The molecule has 0 aliphatic heterocycles. The molecule has 1 saturated carbocycles. The zero-order valence-electron chi connectivity index (χ0n) is 12.1. The summed E-state index contributed by atoms with van der Waals surface area (Å²) >= 11 is 0. The summed E-state index contributed by atoms with van der Waals surface area (Å²) in [6.07, 6.45) is 1.21. The summed E-state index contributed by atoms with van der Waals surface area (Å²) in [6, 6.07) is 4.53. The Morgan fingerprint density at radius 1 is 1.29 bits per heavy atom. The zero-order valence-corrected chi connectivity index (χ0v) is 12.1. The number of rotatable bonds is 4. The molecule has 1 N–H and O–H groups in total. The van der Waals surface area contributed by atoms with Crippen LogP contribution < -0.4 is 5.32 Å². The highest BCUT2D eigenvalue weighted by molar-refractivity contribution is 5.94. The molecule has 116 valence electrons. The number of hydrogen-bond acceptors (Lipinski definition) is 1. The van der Waals surface area contributed by atoms with Gasteiger partial charge >= 0.3 is 6.18 Å². The summed E-state index contributed by atoms with van der Waals surface area (Å²) in [6.45, 7) is 2.71. The summed E-state index contributed by atoms with van der Waals surface area (Å²) in [5.74, 6) is -0.442. The Bertz CT molecular complexity index is 504. The van der Waals surface area contributed by atoms with Gasteiger partial charge in [0, 0.05) is 12.1 Å². The standard InChI is InChI=1S/C16H20F3NO/c1-15(7-2-3-8-15)9-10-20-14(21)12-5-4-6-13(11-12)16(17,18)19/h4-6,11H,2-3,7-10H2,1H3,(H,20,21). The van der Waals surface area contributed by atoms with Crippen LogP contribution in [0.1, 0.15) is 54.9 Å². The molecule has 2 nitrogen and oxygen atoms in total. The van der Waals surface area contributed by atoms with E-state index in [1.807, 2.05) is 0 Å². The molecular weight excluding hydrogens is 279 g/mol. The highest BCUT2D eigenvalue weighted by Crippen LogP contribution is 2.40. The van der Waals surface area contributed by atoms with Gasteiger partial charge in [0.1, 0.15) is 0 Å². The molecule has 0 atom stereocenters. The number of nitrogens with one attached hydrogen (secondary N) is 1. The Kier molecular flexibility index (Phi) is 4.59. The van der Waals surface area contributed by atoms with Crippen molar-refractivity contribution in [3.05, 3.63) is 35.4 Å². The lowest BCUT2D eigenvalue weighted by atomic mass is 9.85. The van der Waals surface area contributed by atoms with Gasteiger partial charge in [-0.3, -0.25) is 4.79 Å². The van der Waals surface area contributed by atoms with Crippen LogP contribution in [0.15, 0.2) is 24.3 Å². The van der Waals surface area contributed by atoms with Crippen molar-refractivity contribution in [1.82, 2.24) is 5.32 Å². The maximum atomic E-state index is 12.6. The second-order valence-corrected chi connectivity index (χ2v) is 6.10. The highest BCUT2D eigenvalue weighted by Gasteiger charge is 2.31. The molecule has 1 aliphatic rings. The van der Waals surface area contributed by atoms with Crippen molar-refractivity contribution in [1.29, 1.82) is 0 Å². The second-order valence-electron chi connectivity index (χ2n) is 6.10. The van der Waals surface area contributed by atoms with E-state index >= 15 is 0 Å². The monoisotopic (exact) mass is 299 g/mol. The summed E-state index contributed by atoms with van der Waals surface area (Å²) in [7, 11) is 0. The highest BCUT2D eigenvalue weighted by atomic mass is 19.4. The van der Waals surface area contributed by atoms with E-state index in [-0.39, 0.29) is 11.0 Å². The van der Waals surface area contributed by atoms with Crippen molar-refractivity contribution in [2.45, 2.75) is 45.2 Å². The van der Waals surface area contributed by atoms with Gasteiger partial charge < -0.3 is 5.32 Å². The van der Waals surface area contributed by atoms with Gasteiger partial charge in [-0.1, -0.05) is 25.8 Å². The smallest absolute Gasteiger partial charge is 0.352 e. The first kappa shape index (κ1) is 15.9. The molecule has 21 heavy (non-hydrogen) atoms. The van der Waals surface area contributed by atoms with Gasteiger partial charge in [0.25, 0.3) is 5.91 Å². The van der Waals surface area contributed by atoms with Gasteiger partial charge in [0.15, 0.2) is 0 Å². The molecule has 0 bridgehead atoms. The van der Waals surface area contributed by atoms with Crippen molar-refractivity contribution in [2.75, 3.05) is 6.54 Å². The van der Waals surface area contributed by atoms with E-state index in [1.54, 1.807) is 0 Å². The molecule has 2 rings (SSSR count). The number of alkyl halides is 3. The summed E-state index contributed by atoms with van der Waals surface area (Å²) < 4.78 is 37.8. The van der Waals surface area contributed by atoms with E-state index in [9.17, 15) is 18.0 Å². The Morgan fingerprint density at radius 3 is 2.57 bits per heavy atom. The summed E-state index contributed by atoms with van der Waals surface area (Å²) in [4.78, 5) is 11.9. The first-order chi connectivity index (χ1) is 9.80. The molecular formula is C16H20F3NO. The molecule has 0 aromatic heterocycles. The molecule has 1 aromatic carbocycles. The third-order valence-electron chi connectivity index (χ3n) is 4.28. The van der Waals surface area contributed by atoms with E-state index < -0.39 is 17.6 Å². The van der Waals surface area contributed by atoms with Crippen molar-refractivity contribution in [2.24, 2.45) is 5.41 Å². The lowest BCUT2D eigenvalue weighted by Gasteiger charge is -2.23. The third-order valence-corrected chi connectivity index (χ3v) is 4.28. The van der Waals surface area contributed by atoms with E-state index in [0.29, 0.717) is 6.54 Å². The van der Waals surface area contributed by atoms with Gasteiger partial charge in [-0.15, -0.1) is 0 Å². The molecule has 1 aliphatic carbocycles. The molecule has 1 aromatic rings. The minimum atomic E-state index is -4.42. The van der Waals surface area contributed by atoms with E-state index in [0.717, 1.165) is 31.4 Å². The van der Waals surface area contributed by atoms with Gasteiger partial charge in [-0.05, 0) is 42.9 Å². The maximum absolute atomic E-state index is 12.6. The van der Waals surface area contributed by atoms with Gasteiger partial charge in [0.05, 0.1) is 5.56 Å². The molecule has 1 fully saturated rings. The third kappa shape index (κ3) is 4.22. The van der Waals surface area contributed by atoms with Gasteiger partial charge in [0.2, 0.25) is 0 Å². The van der Waals surface area contributed by atoms with Gasteiger partial charge in [-0.25, -0.2) is 0 Å². The first-order valence-electron chi connectivity index (χ1n) is 7.26. The maximum Gasteiger partial charge on any atom is 0.416 e. The van der Waals surface area contributed by atoms with Crippen LogP contribution >= 0.6 is 0 Å². The molecule has 5 heteroatoms. The molecule has 0 radical (unpaired) electrons. The minimum Gasteiger partial charge on any atom is -0.352 e. The molecule has 0 heterocycles. The van der Waals surface area contributed by atoms with Crippen LogP contribution in [-0.4, -0.2) is 12.5 Å². The second kappa shape index (κ2) is 6.08. The summed E-state index contributed by atoms with van der Waals surface area (Å²) in [5, 5.41) is 2.72. The Balaban J connectivity index is 1.91. The normalized spacial score (nSPS) is 17.7. The lowest BCUT2D eigenvalue weighted by Crippen LogP contribution is -2.28. The zero-order chi connectivity index (χ0) is 15.5. The fourth-order valence-corrected chi connectivity index (χ4v) is 2.90. The fourth-order valence-electron chi connectivity index (χ4n) is 2.90. The molecule has 0 unspecified atom stereocenters. The van der Waals surface area contributed by atoms with Crippen LogP contribution in [0.25, 0.3) is 0 Å². The molecule has 1 amide bonds. The Labute approximate surface area is 122 Å². The SMILES string of the molecule is CC1(CCNC(=O)c2cccc(C(F)(F)F)c2)CCCC1. The largest absolute Gasteiger partial charge is 0.416 e. The van der Waals surface area contributed by atoms with Crippen LogP contribution in [0.2, 0.25) is 0 Å². The number of halogens is 3. The first-order valence-corrected chi connectivity index (χ1v) is 7.26. The lowest BCUT2D eigenvalue weighted by molar-refractivity contribution is -0.137. The van der Waals surface area contributed by atoms with E-state index in [2.05, 4.69) is 12.2 Å². The Hall–Kier alpha value is -1.52. The topological polar surface area (TPSA) is 29.1 Å². The van der Waals surface area contributed by atoms with E-state index in [4.69, 9.17) is 0 Å². The number of hydrogen-bond donors (Lipinski definition) is 1.